The lowest BCUT2D eigenvalue weighted by atomic mass is 9.99. The number of carbonyl (C=O) groups excluding carboxylic acids is 1. The molecule has 0 saturated heterocycles. The molecule has 0 saturated carbocycles. The highest BCUT2D eigenvalue weighted by Gasteiger charge is 2.10. The number of hydrogen-bond donors (Lipinski definition) is 2. The molecule has 0 spiro atoms. The first kappa shape index (κ1) is 17.2. The summed E-state index contributed by atoms with van der Waals surface area (Å²) in [5.74, 6) is -0.0435. The summed E-state index contributed by atoms with van der Waals surface area (Å²) in [7, 11) is 1.38. The first-order chi connectivity index (χ1) is 11.1. The van der Waals surface area contributed by atoms with Crippen LogP contribution in [0.2, 0.25) is 0 Å². The summed E-state index contributed by atoms with van der Waals surface area (Å²) < 4.78 is 4.69. The Morgan fingerprint density at radius 2 is 1.70 bits per heavy atom. The van der Waals surface area contributed by atoms with E-state index >= 15 is 0 Å². The topological polar surface area (TPSA) is 58.6 Å². The van der Waals surface area contributed by atoms with E-state index in [1.54, 1.807) is 12.1 Å². The second-order valence-electron chi connectivity index (χ2n) is 5.60. The summed E-state index contributed by atoms with van der Waals surface area (Å²) in [6.07, 6.45) is -0.509. The van der Waals surface area contributed by atoms with Crippen LogP contribution in [0.1, 0.15) is 40.4 Å². The van der Waals surface area contributed by atoms with Gasteiger partial charge in [-0.05, 0) is 29.2 Å². The minimum Gasteiger partial charge on any atom is -0.465 e. The predicted molar refractivity (Wildman–Crippen MR) is 90.5 cm³/mol. The fourth-order valence-corrected chi connectivity index (χ4v) is 2.41. The van der Waals surface area contributed by atoms with Crippen molar-refractivity contribution < 1.29 is 14.6 Å². The molecular formula is C19H23NO3. The van der Waals surface area contributed by atoms with Crippen molar-refractivity contribution in [3.8, 4) is 0 Å². The Labute approximate surface area is 137 Å². The Bertz CT molecular complexity index is 610. The van der Waals surface area contributed by atoms with Crippen LogP contribution in [0.4, 0.5) is 0 Å². The molecule has 0 fully saturated rings. The quantitative estimate of drug-likeness (QED) is 0.772. The first-order valence-electron chi connectivity index (χ1n) is 7.74. The van der Waals surface area contributed by atoms with E-state index in [9.17, 15) is 9.90 Å². The van der Waals surface area contributed by atoms with E-state index in [0.29, 0.717) is 12.1 Å². The molecule has 2 aromatic carbocycles. The Hall–Kier alpha value is -2.17. The van der Waals surface area contributed by atoms with Crippen molar-refractivity contribution in [3.63, 3.8) is 0 Å². The zero-order valence-corrected chi connectivity index (χ0v) is 13.5. The molecule has 2 atom stereocenters. The number of benzene rings is 2. The van der Waals surface area contributed by atoms with Crippen molar-refractivity contribution in [2.45, 2.75) is 18.9 Å². The zero-order chi connectivity index (χ0) is 16.7. The molecule has 0 aromatic heterocycles. The molecule has 0 heterocycles. The lowest BCUT2D eigenvalue weighted by Crippen LogP contribution is -2.25. The Kier molecular flexibility index (Phi) is 6.32. The molecule has 0 amide bonds. The van der Waals surface area contributed by atoms with E-state index in [2.05, 4.69) is 12.2 Å². The van der Waals surface area contributed by atoms with Gasteiger partial charge >= 0.3 is 5.97 Å². The minimum atomic E-state index is -0.509. The van der Waals surface area contributed by atoms with Crippen molar-refractivity contribution in [2.75, 3.05) is 20.2 Å². The SMILES string of the molecule is COC(=O)c1ccc(C(C)CNCC(O)c2ccccc2)cc1. The molecule has 0 aliphatic carbocycles. The van der Waals surface area contributed by atoms with Gasteiger partial charge in [0.1, 0.15) is 0 Å². The number of aliphatic hydroxyl groups excluding tert-OH is 1. The number of ether oxygens (including phenoxy) is 1. The normalized spacial score (nSPS) is 13.3. The molecular weight excluding hydrogens is 290 g/mol. The van der Waals surface area contributed by atoms with Crippen LogP contribution < -0.4 is 5.32 Å². The molecule has 0 aliphatic rings. The van der Waals surface area contributed by atoms with Gasteiger partial charge in [-0.3, -0.25) is 0 Å². The predicted octanol–water partition coefficient (Wildman–Crippen LogP) is 2.90. The molecule has 2 aromatic rings. The van der Waals surface area contributed by atoms with Crippen molar-refractivity contribution in [3.05, 3.63) is 71.3 Å². The molecule has 2 unspecified atom stereocenters. The third kappa shape index (κ3) is 4.91. The highest BCUT2D eigenvalue weighted by atomic mass is 16.5. The van der Waals surface area contributed by atoms with Crippen LogP contribution in [-0.4, -0.2) is 31.3 Å². The van der Waals surface area contributed by atoms with Gasteiger partial charge in [-0.15, -0.1) is 0 Å². The average Bonchev–Trinajstić information content (AvgIpc) is 2.61. The van der Waals surface area contributed by atoms with E-state index in [1.807, 2.05) is 42.5 Å². The average molecular weight is 313 g/mol. The van der Waals surface area contributed by atoms with Gasteiger partial charge in [0.05, 0.1) is 18.8 Å². The van der Waals surface area contributed by atoms with Gasteiger partial charge in [0.2, 0.25) is 0 Å². The van der Waals surface area contributed by atoms with Gasteiger partial charge in [-0.1, -0.05) is 49.4 Å². The molecule has 23 heavy (non-hydrogen) atoms. The first-order valence-corrected chi connectivity index (χ1v) is 7.74. The Morgan fingerprint density at radius 1 is 1.04 bits per heavy atom. The van der Waals surface area contributed by atoms with E-state index in [4.69, 9.17) is 4.74 Å². The van der Waals surface area contributed by atoms with Crippen LogP contribution in [0.3, 0.4) is 0 Å². The van der Waals surface area contributed by atoms with Crippen LogP contribution in [0.25, 0.3) is 0 Å². The van der Waals surface area contributed by atoms with Gasteiger partial charge in [0.25, 0.3) is 0 Å². The summed E-state index contributed by atoms with van der Waals surface area (Å²) in [4.78, 5) is 11.4. The van der Waals surface area contributed by atoms with Crippen LogP contribution in [0, 0.1) is 0 Å². The summed E-state index contributed by atoms with van der Waals surface area (Å²) in [5, 5.41) is 13.4. The molecule has 2 rings (SSSR count). The van der Waals surface area contributed by atoms with E-state index in [1.165, 1.54) is 7.11 Å². The molecule has 122 valence electrons. The summed E-state index contributed by atoms with van der Waals surface area (Å²) in [6, 6.07) is 17.0. The van der Waals surface area contributed by atoms with Crippen LogP contribution in [0.5, 0.6) is 0 Å². The van der Waals surface area contributed by atoms with Gasteiger partial charge in [0.15, 0.2) is 0 Å². The number of hydrogen-bond acceptors (Lipinski definition) is 4. The number of methoxy groups -OCH3 is 1. The molecule has 0 radical (unpaired) electrons. The molecule has 2 N–H and O–H groups in total. The second-order valence-corrected chi connectivity index (χ2v) is 5.60. The fraction of sp³-hybridized carbons (Fsp3) is 0.316. The molecule has 0 aliphatic heterocycles. The number of nitrogens with one attached hydrogen (secondary N) is 1. The van der Waals surface area contributed by atoms with Crippen LogP contribution in [0.15, 0.2) is 54.6 Å². The number of esters is 1. The highest BCUT2D eigenvalue weighted by Crippen LogP contribution is 2.16. The van der Waals surface area contributed by atoms with Gasteiger partial charge in [-0.25, -0.2) is 4.79 Å². The maximum Gasteiger partial charge on any atom is 0.337 e. The third-order valence-corrected chi connectivity index (χ3v) is 3.87. The maximum absolute atomic E-state index is 11.4. The number of aliphatic hydroxyl groups is 1. The van der Waals surface area contributed by atoms with E-state index in [-0.39, 0.29) is 11.9 Å². The van der Waals surface area contributed by atoms with Gasteiger partial charge in [0, 0.05) is 13.1 Å². The van der Waals surface area contributed by atoms with Gasteiger partial charge < -0.3 is 15.2 Å². The second kappa shape index (κ2) is 8.46. The summed E-state index contributed by atoms with van der Waals surface area (Å²) >= 11 is 0. The minimum absolute atomic E-state index is 0.282. The lowest BCUT2D eigenvalue weighted by Gasteiger charge is -2.16. The Balaban J connectivity index is 1.82. The largest absolute Gasteiger partial charge is 0.465 e. The molecule has 4 heteroatoms. The smallest absolute Gasteiger partial charge is 0.337 e. The van der Waals surface area contributed by atoms with E-state index < -0.39 is 6.10 Å². The monoisotopic (exact) mass is 313 g/mol. The fourth-order valence-electron chi connectivity index (χ4n) is 2.41. The van der Waals surface area contributed by atoms with Crippen molar-refractivity contribution in [1.29, 1.82) is 0 Å². The van der Waals surface area contributed by atoms with Crippen molar-refractivity contribution in [1.82, 2.24) is 5.32 Å². The number of carbonyl (C=O) groups is 1. The maximum atomic E-state index is 11.4. The third-order valence-electron chi connectivity index (χ3n) is 3.87. The standard InChI is InChI=1S/C19H23NO3/c1-14(15-8-10-17(11-9-15)19(22)23-2)12-20-13-18(21)16-6-4-3-5-7-16/h3-11,14,18,20-21H,12-13H2,1-2H3. The van der Waals surface area contributed by atoms with Crippen LogP contribution >= 0.6 is 0 Å². The summed E-state index contributed by atoms with van der Waals surface area (Å²) in [5.41, 5.74) is 2.60. The molecule has 0 bridgehead atoms. The van der Waals surface area contributed by atoms with Crippen LogP contribution in [-0.2, 0) is 4.74 Å². The highest BCUT2D eigenvalue weighted by molar-refractivity contribution is 5.89. The van der Waals surface area contributed by atoms with Crippen molar-refractivity contribution >= 4 is 5.97 Å². The lowest BCUT2D eigenvalue weighted by molar-refractivity contribution is 0.0600. The number of rotatable bonds is 7. The van der Waals surface area contributed by atoms with E-state index in [0.717, 1.165) is 17.7 Å². The zero-order valence-electron chi connectivity index (χ0n) is 13.5. The van der Waals surface area contributed by atoms with Gasteiger partial charge in [-0.2, -0.15) is 0 Å². The summed E-state index contributed by atoms with van der Waals surface area (Å²) in [6.45, 7) is 3.37. The Morgan fingerprint density at radius 3 is 2.30 bits per heavy atom. The molecule has 4 nitrogen and oxygen atoms in total. The van der Waals surface area contributed by atoms with Crippen molar-refractivity contribution in [2.24, 2.45) is 0 Å².